The largest absolute Gasteiger partial charge is 0.466 e. The maximum absolute atomic E-state index is 12.0. The number of hydrogen-bond acceptors (Lipinski definition) is 4. The Morgan fingerprint density at radius 1 is 1.19 bits per heavy atom. The van der Waals surface area contributed by atoms with Crippen molar-refractivity contribution in [1.29, 1.82) is 0 Å². The number of hydrogen-bond donors (Lipinski definition) is 0. The molecule has 0 aliphatic rings. The van der Waals surface area contributed by atoms with E-state index in [1.165, 1.54) is 0 Å². The molecule has 0 fully saturated rings. The molecule has 21 heavy (non-hydrogen) atoms. The lowest BCUT2D eigenvalue weighted by atomic mass is 9.96. The fraction of sp³-hybridized carbons (Fsp3) is 0.588. The Hall–Kier alpha value is -1.39. The lowest BCUT2D eigenvalue weighted by Gasteiger charge is -2.30. The average molecular weight is 293 g/mol. The number of carbonyl (C=O) groups is 1. The molecular weight excluding hydrogens is 266 g/mol. The molecule has 0 aliphatic carbocycles. The molecule has 0 amide bonds. The first kappa shape index (κ1) is 17.7. The van der Waals surface area contributed by atoms with Crippen molar-refractivity contribution in [1.82, 2.24) is 4.90 Å². The highest BCUT2D eigenvalue weighted by Gasteiger charge is 2.24. The van der Waals surface area contributed by atoms with Crippen LogP contribution in [0.3, 0.4) is 0 Å². The molecule has 0 aromatic heterocycles. The highest BCUT2D eigenvalue weighted by atomic mass is 16.5. The fourth-order valence-corrected chi connectivity index (χ4v) is 2.62. The van der Waals surface area contributed by atoms with Crippen LogP contribution in [-0.4, -0.2) is 37.7 Å². The van der Waals surface area contributed by atoms with Crippen molar-refractivity contribution in [2.45, 2.75) is 39.8 Å². The zero-order valence-electron chi connectivity index (χ0n) is 13.6. The van der Waals surface area contributed by atoms with Crippen LogP contribution >= 0.6 is 0 Å². The van der Waals surface area contributed by atoms with Crippen LogP contribution in [0.25, 0.3) is 0 Å². The number of esters is 1. The van der Waals surface area contributed by atoms with Gasteiger partial charge >= 0.3 is 5.97 Å². The number of methoxy groups -OCH3 is 1. The third-order valence-electron chi connectivity index (χ3n) is 3.63. The minimum atomic E-state index is -0.151. The Labute approximate surface area is 128 Å². The summed E-state index contributed by atoms with van der Waals surface area (Å²) < 4.78 is 10.4. The van der Waals surface area contributed by atoms with E-state index in [1.807, 2.05) is 19.1 Å². The molecule has 0 heterocycles. The Balaban J connectivity index is 3.07. The molecule has 1 aromatic carbocycles. The van der Waals surface area contributed by atoms with Gasteiger partial charge in [-0.15, -0.1) is 0 Å². The van der Waals surface area contributed by atoms with Crippen LogP contribution < -0.4 is 0 Å². The number of nitrogens with zero attached hydrogens (tertiary/aromatic N) is 1. The quantitative estimate of drug-likeness (QED) is 0.656. The summed E-state index contributed by atoms with van der Waals surface area (Å²) in [7, 11) is 1.69. The van der Waals surface area contributed by atoms with Crippen LogP contribution in [-0.2, 0) is 20.9 Å². The normalized spacial score (nSPS) is 12.4. The molecule has 0 aliphatic heterocycles. The standard InChI is InChI=1S/C17H27NO3/c1-5-18(6-2)16(12-17(19)21-7-3)15-11-9-8-10-14(15)13-20-4/h8-11,16H,5-7,12-13H2,1-4H3. The summed E-state index contributed by atoms with van der Waals surface area (Å²) in [6.45, 7) is 8.81. The molecule has 0 saturated carbocycles. The van der Waals surface area contributed by atoms with Gasteiger partial charge in [0.15, 0.2) is 0 Å². The Bertz CT molecular complexity index is 430. The Morgan fingerprint density at radius 2 is 1.86 bits per heavy atom. The van der Waals surface area contributed by atoms with Crippen molar-refractivity contribution in [3.63, 3.8) is 0 Å². The van der Waals surface area contributed by atoms with E-state index in [2.05, 4.69) is 30.9 Å². The maximum atomic E-state index is 12.0. The number of rotatable bonds is 9. The highest BCUT2D eigenvalue weighted by molar-refractivity contribution is 5.70. The first-order valence-corrected chi connectivity index (χ1v) is 7.64. The molecule has 1 unspecified atom stereocenters. The molecule has 118 valence electrons. The molecule has 0 radical (unpaired) electrons. The van der Waals surface area contributed by atoms with Gasteiger partial charge in [-0.3, -0.25) is 9.69 Å². The third-order valence-corrected chi connectivity index (χ3v) is 3.63. The maximum Gasteiger partial charge on any atom is 0.307 e. The van der Waals surface area contributed by atoms with Gasteiger partial charge in [-0.1, -0.05) is 38.1 Å². The van der Waals surface area contributed by atoms with Crippen molar-refractivity contribution in [2.24, 2.45) is 0 Å². The minimum absolute atomic E-state index is 0.0328. The summed E-state index contributed by atoms with van der Waals surface area (Å²) in [4.78, 5) is 14.2. The van der Waals surface area contributed by atoms with E-state index in [-0.39, 0.29) is 12.0 Å². The zero-order chi connectivity index (χ0) is 15.7. The molecule has 0 spiro atoms. The van der Waals surface area contributed by atoms with E-state index < -0.39 is 0 Å². The lowest BCUT2D eigenvalue weighted by Crippen LogP contribution is -2.31. The average Bonchev–Trinajstić information content (AvgIpc) is 2.49. The molecule has 0 N–H and O–H groups in total. The Kier molecular flexibility index (Phi) is 8.01. The fourth-order valence-electron chi connectivity index (χ4n) is 2.62. The van der Waals surface area contributed by atoms with Gasteiger partial charge in [-0.25, -0.2) is 0 Å². The molecule has 0 saturated heterocycles. The van der Waals surface area contributed by atoms with Gasteiger partial charge in [0.05, 0.1) is 19.6 Å². The summed E-state index contributed by atoms with van der Waals surface area (Å²) in [6.07, 6.45) is 0.371. The van der Waals surface area contributed by atoms with Crippen molar-refractivity contribution in [3.05, 3.63) is 35.4 Å². The van der Waals surface area contributed by atoms with Gasteiger partial charge < -0.3 is 9.47 Å². The lowest BCUT2D eigenvalue weighted by molar-refractivity contribution is -0.144. The van der Waals surface area contributed by atoms with Crippen molar-refractivity contribution in [3.8, 4) is 0 Å². The van der Waals surface area contributed by atoms with Crippen LogP contribution in [0.5, 0.6) is 0 Å². The van der Waals surface area contributed by atoms with E-state index in [4.69, 9.17) is 9.47 Å². The number of carbonyl (C=O) groups excluding carboxylic acids is 1. The predicted molar refractivity (Wildman–Crippen MR) is 84.1 cm³/mol. The summed E-state index contributed by atoms with van der Waals surface area (Å²) >= 11 is 0. The van der Waals surface area contributed by atoms with Crippen molar-refractivity contribution < 1.29 is 14.3 Å². The van der Waals surface area contributed by atoms with E-state index in [0.717, 1.165) is 24.2 Å². The van der Waals surface area contributed by atoms with Crippen molar-refractivity contribution in [2.75, 3.05) is 26.8 Å². The van der Waals surface area contributed by atoms with Gasteiger partial charge in [0.25, 0.3) is 0 Å². The second kappa shape index (κ2) is 9.53. The van der Waals surface area contributed by atoms with Gasteiger partial charge in [-0.05, 0) is 31.1 Å². The summed E-state index contributed by atoms with van der Waals surface area (Å²) in [5.41, 5.74) is 2.28. The topological polar surface area (TPSA) is 38.8 Å². The van der Waals surface area contributed by atoms with E-state index in [9.17, 15) is 4.79 Å². The van der Waals surface area contributed by atoms with Crippen LogP contribution in [0.15, 0.2) is 24.3 Å². The van der Waals surface area contributed by atoms with E-state index in [1.54, 1.807) is 7.11 Å². The number of ether oxygens (including phenoxy) is 2. The Morgan fingerprint density at radius 3 is 2.43 bits per heavy atom. The van der Waals surface area contributed by atoms with Crippen LogP contribution in [0.2, 0.25) is 0 Å². The second-order valence-corrected chi connectivity index (χ2v) is 4.88. The summed E-state index contributed by atoms with van der Waals surface area (Å²) in [6, 6.07) is 8.18. The second-order valence-electron chi connectivity index (χ2n) is 4.88. The van der Waals surface area contributed by atoms with Gasteiger partial charge in [0, 0.05) is 13.2 Å². The summed E-state index contributed by atoms with van der Waals surface area (Å²) in [5.74, 6) is -0.151. The van der Waals surface area contributed by atoms with Gasteiger partial charge in [0.1, 0.15) is 0 Å². The summed E-state index contributed by atoms with van der Waals surface area (Å²) in [5, 5.41) is 0. The van der Waals surface area contributed by atoms with Gasteiger partial charge in [0.2, 0.25) is 0 Å². The molecular formula is C17H27NO3. The molecule has 1 aromatic rings. The SMILES string of the molecule is CCOC(=O)CC(c1ccccc1COC)N(CC)CC. The monoisotopic (exact) mass is 293 g/mol. The third kappa shape index (κ3) is 5.14. The molecule has 4 nitrogen and oxygen atoms in total. The molecule has 1 atom stereocenters. The minimum Gasteiger partial charge on any atom is -0.466 e. The first-order chi connectivity index (χ1) is 10.2. The van der Waals surface area contributed by atoms with Crippen molar-refractivity contribution >= 4 is 5.97 Å². The van der Waals surface area contributed by atoms with E-state index >= 15 is 0 Å². The van der Waals surface area contributed by atoms with Crippen LogP contribution in [0, 0.1) is 0 Å². The smallest absolute Gasteiger partial charge is 0.307 e. The molecule has 4 heteroatoms. The van der Waals surface area contributed by atoms with Crippen LogP contribution in [0.1, 0.15) is 44.4 Å². The predicted octanol–water partition coefficient (Wildman–Crippen LogP) is 3.17. The first-order valence-electron chi connectivity index (χ1n) is 7.64. The molecule has 0 bridgehead atoms. The highest BCUT2D eigenvalue weighted by Crippen LogP contribution is 2.28. The van der Waals surface area contributed by atoms with Gasteiger partial charge in [-0.2, -0.15) is 0 Å². The molecule has 1 rings (SSSR count). The zero-order valence-corrected chi connectivity index (χ0v) is 13.6. The van der Waals surface area contributed by atoms with E-state index in [0.29, 0.717) is 19.6 Å². The number of benzene rings is 1. The van der Waals surface area contributed by atoms with Crippen LogP contribution in [0.4, 0.5) is 0 Å².